The molecule has 0 unspecified atom stereocenters. The summed E-state index contributed by atoms with van der Waals surface area (Å²) in [5, 5.41) is 20.0. The van der Waals surface area contributed by atoms with Gasteiger partial charge in [-0.2, -0.15) is 0 Å². The standard InChI is InChI=1S/C12H11N3O5S/c16-12-5-4-10(7-11(12)15(17)18)21(19,20)14-8-9-3-1-2-6-13-9/h1-7,14,16H,8H2. The summed E-state index contributed by atoms with van der Waals surface area (Å²) in [7, 11) is -3.94. The minimum atomic E-state index is -3.94. The van der Waals surface area contributed by atoms with Gasteiger partial charge in [-0.25, -0.2) is 13.1 Å². The maximum Gasteiger partial charge on any atom is 0.312 e. The second-order valence-corrected chi connectivity index (χ2v) is 5.82. The Labute approximate surface area is 120 Å². The van der Waals surface area contributed by atoms with Gasteiger partial charge in [0.2, 0.25) is 10.0 Å². The Hall–Kier alpha value is -2.52. The molecular weight excluding hydrogens is 298 g/mol. The highest BCUT2D eigenvalue weighted by molar-refractivity contribution is 7.89. The van der Waals surface area contributed by atoms with Crippen LogP contribution in [-0.4, -0.2) is 23.4 Å². The summed E-state index contributed by atoms with van der Waals surface area (Å²) < 4.78 is 26.4. The lowest BCUT2D eigenvalue weighted by molar-refractivity contribution is -0.386. The Morgan fingerprint density at radius 1 is 1.29 bits per heavy atom. The van der Waals surface area contributed by atoms with Gasteiger partial charge in [-0.3, -0.25) is 15.1 Å². The number of nitro benzene ring substituents is 1. The smallest absolute Gasteiger partial charge is 0.312 e. The number of aromatic nitrogens is 1. The number of sulfonamides is 1. The van der Waals surface area contributed by atoms with E-state index in [9.17, 15) is 23.6 Å². The van der Waals surface area contributed by atoms with Crippen LogP contribution in [0.3, 0.4) is 0 Å². The molecule has 0 bridgehead atoms. The molecule has 0 atom stereocenters. The van der Waals surface area contributed by atoms with E-state index in [0.29, 0.717) is 5.69 Å². The lowest BCUT2D eigenvalue weighted by Gasteiger charge is -2.06. The van der Waals surface area contributed by atoms with E-state index in [2.05, 4.69) is 9.71 Å². The third-order valence-electron chi connectivity index (χ3n) is 2.62. The average molecular weight is 309 g/mol. The Morgan fingerprint density at radius 3 is 2.67 bits per heavy atom. The topological polar surface area (TPSA) is 122 Å². The summed E-state index contributed by atoms with van der Waals surface area (Å²) in [5.74, 6) is -0.594. The minimum absolute atomic E-state index is 0.0438. The van der Waals surface area contributed by atoms with Gasteiger partial charge in [-0.1, -0.05) is 6.07 Å². The maximum absolute atomic E-state index is 12.0. The van der Waals surface area contributed by atoms with Crippen molar-refractivity contribution in [2.45, 2.75) is 11.4 Å². The molecule has 0 aliphatic carbocycles. The summed E-state index contributed by atoms with van der Waals surface area (Å²) in [5.41, 5.74) is -0.162. The van der Waals surface area contributed by atoms with Crippen LogP contribution in [0.15, 0.2) is 47.5 Å². The summed E-state index contributed by atoms with van der Waals surface area (Å²) in [6.45, 7) is -0.0438. The summed E-state index contributed by atoms with van der Waals surface area (Å²) in [4.78, 5) is 13.5. The van der Waals surface area contributed by atoms with Crippen molar-refractivity contribution in [3.8, 4) is 5.75 Å². The van der Waals surface area contributed by atoms with Gasteiger partial charge >= 0.3 is 5.69 Å². The zero-order chi connectivity index (χ0) is 15.5. The monoisotopic (exact) mass is 309 g/mol. The molecule has 2 N–H and O–H groups in total. The quantitative estimate of drug-likeness (QED) is 0.631. The van der Waals surface area contributed by atoms with E-state index < -0.39 is 26.4 Å². The first-order chi connectivity index (χ1) is 9.90. The van der Waals surface area contributed by atoms with Crippen LogP contribution in [0.2, 0.25) is 0 Å². The van der Waals surface area contributed by atoms with Crippen molar-refractivity contribution >= 4 is 15.7 Å². The van der Waals surface area contributed by atoms with Gasteiger partial charge in [-0.15, -0.1) is 0 Å². The fraction of sp³-hybridized carbons (Fsp3) is 0.0833. The number of pyridine rings is 1. The van der Waals surface area contributed by atoms with Crippen LogP contribution in [0.1, 0.15) is 5.69 Å². The van der Waals surface area contributed by atoms with E-state index in [1.807, 2.05) is 0 Å². The minimum Gasteiger partial charge on any atom is -0.502 e. The number of benzene rings is 1. The van der Waals surface area contributed by atoms with Gasteiger partial charge < -0.3 is 5.11 Å². The molecule has 0 saturated heterocycles. The first-order valence-corrected chi connectivity index (χ1v) is 7.25. The fourth-order valence-electron chi connectivity index (χ4n) is 1.57. The number of rotatable bonds is 5. The number of nitrogens with one attached hydrogen (secondary N) is 1. The molecule has 1 heterocycles. The molecule has 1 aromatic carbocycles. The predicted molar refractivity (Wildman–Crippen MR) is 73.0 cm³/mol. The Morgan fingerprint density at radius 2 is 2.05 bits per heavy atom. The normalized spacial score (nSPS) is 11.2. The van der Waals surface area contributed by atoms with Gasteiger partial charge in [0.15, 0.2) is 5.75 Å². The highest BCUT2D eigenvalue weighted by Gasteiger charge is 2.21. The molecule has 2 rings (SSSR count). The summed E-state index contributed by atoms with van der Waals surface area (Å²) in [6.07, 6.45) is 1.52. The Balaban J connectivity index is 2.24. The van der Waals surface area contributed by atoms with Crippen LogP contribution in [0.25, 0.3) is 0 Å². The van der Waals surface area contributed by atoms with E-state index >= 15 is 0 Å². The molecule has 0 fully saturated rings. The zero-order valence-electron chi connectivity index (χ0n) is 10.6. The van der Waals surface area contributed by atoms with Crippen molar-refractivity contribution in [1.29, 1.82) is 0 Å². The molecule has 2 aromatic rings. The van der Waals surface area contributed by atoms with Gasteiger partial charge in [-0.05, 0) is 24.3 Å². The Kier molecular flexibility index (Phi) is 4.15. The number of nitrogens with zero attached hydrogens (tertiary/aromatic N) is 2. The lowest BCUT2D eigenvalue weighted by atomic mass is 10.3. The molecule has 0 aliphatic rings. The van der Waals surface area contributed by atoms with Crippen LogP contribution in [0, 0.1) is 10.1 Å². The van der Waals surface area contributed by atoms with Crippen LogP contribution >= 0.6 is 0 Å². The van der Waals surface area contributed by atoms with E-state index in [0.717, 1.165) is 18.2 Å². The number of phenols is 1. The van der Waals surface area contributed by atoms with Crippen molar-refractivity contribution < 1.29 is 18.4 Å². The average Bonchev–Trinajstić information content (AvgIpc) is 2.46. The molecule has 0 spiro atoms. The number of aromatic hydroxyl groups is 1. The second kappa shape index (κ2) is 5.85. The molecule has 21 heavy (non-hydrogen) atoms. The van der Waals surface area contributed by atoms with Gasteiger partial charge in [0.25, 0.3) is 0 Å². The molecular formula is C12H11N3O5S. The second-order valence-electron chi connectivity index (χ2n) is 4.05. The molecule has 0 radical (unpaired) electrons. The highest BCUT2D eigenvalue weighted by Crippen LogP contribution is 2.28. The largest absolute Gasteiger partial charge is 0.502 e. The first-order valence-electron chi connectivity index (χ1n) is 5.77. The van der Waals surface area contributed by atoms with Crippen LogP contribution in [0.5, 0.6) is 5.75 Å². The molecule has 0 amide bonds. The van der Waals surface area contributed by atoms with Crippen LogP contribution in [-0.2, 0) is 16.6 Å². The summed E-state index contributed by atoms with van der Waals surface area (Å²) >= 11 is 0. The fourth-order valence-corrected chi connectivity index (χ4v) is 2.59. The van der Waals surface area contributed by atoms with Gasteiger partial charge in [0.1, 0.15) is 0 Å². The third-order valence-corrected chi connectivity index (χ3v) is 4.02. The highest BCUT2D eigenvalue weighted by atomic mass is 32.2. The van der Waals surface area contributed by atoms with E-state index in [1.165, 1.54) is 6.20 Å². The SMILES string of the molecule is O=[N+]([O-])c1cc(S(=O)(=O)NCc2ccccn2)ccc1O. The van der Waals surface area contributed by atoms with Crippen molar-refractivity contribution in [1.82, 2.24) is 9.71 Å². The first kappa shape index (κ1) is 14.9. The van der Waals surface area contributed by atoms with Crippen molar-refractivity contribution in [2.24, 2.45) is 0 Å². The number of phenolic OH excluding ortho intramolecular Hbond substituents is 1. The predicted octanol–water partition coefficient (Wildman–Crippen LogP) is 1.17. The zero-order valence-corrected chi connectivity index (χ0v) is 11.4. The van der Waals surface area contributed by atoms with Crippen molar-refractivity contribution in [3.63, 3.8) is 0 Å². The molecule has 110 valence electrons. The maximum atomic E-state index is 12.0. The van der Waals surface area contributed by atoms with Crippen molar-refractivity contribution in [2.75, 3.05) is 0 Å². The molecule has 8 nitrogen and oxygen atoms in total. The molecule has 1 aromatic heterocycles. The molecule has 0 aliphatic heterocycles. The number of hydrogen-bond acceptors (Lipinski definition) is 6. The van der Waals surface area contributed by atoms with Crippen LogP contribution < -0.4 is 4.72 Å². The summed E-state index contributed by atoms with van der Waals surface area (Å²) in [6, 6.07) is 7.90. The van der Waals surface area contributed by atoms with E-state index in [4.69, 9.17) is 0 Å². The van der Waals surface area contributed by atoms with Gasteiger partial charge in [0.05, 0.1) is 22.1 Å². The van der Waals surface area contributed by atoms with E-state index in [1.54, 1.807) is 18.2 Å². The van der Waals surface area contributed by atoms with Crippen LogP contribution in [0.4, 0.5) is 5.69 Å². The molecule has 0 saturated carbocycles. The Bertz CT molecular complexity index is 762. The van der Waals surface area contributed by atoms with E-state index in [-0.39, 0.29) is 11.4 Å². The van der Waals surface area contributed by atoms with Gasteiger partial charge in [0, 0.05) is 12.3 Å². The lowest BCUT2D eigenvalue weighted by Crippen LogP contribution is -2.23. The molecule has 9 heteroatoms. The van der Waals surface area contributed by atoms with Crippen molar-refractivity contribution in [3.05, 3.63) is 58.4 Å². The third kappa shape index (κ3) is 3.52. The number of nitro groups is 1. The number of hydrogen-bond donors (Lipinski definition) is 2.